The topological polar surface area (TPSA) is 124 Å². The van der Waals surface area contributed by atoms with E-state index in [2.05, 4.69) is 0 Å². The van der Waals surface area contributed by atoms with E-state index in [4.69, 9.17) is 27.9 Å². The summed E-state index contributed by atoms with van der Waals surface area (Å²) < 4.78 is 54.4. The van der Waals surface area contributed by atoms with E-state index in [1.54, 1.807) is 72.8 Å². The molecule has 1 atom stereocenters. The quantitative estimate of drug-likeness (QED) is 0.0913. The molecule has 3 rings (SSSR count). The van der Waals surface area contributed by atoms with Crippen LogP contribution in [0.3, 0.4) is 0 Å². The van der Waals surface area contributed by atoms with Crippen molar-refractivity contribution < 1.29 is 45.9 Å². The third kappa shape index (κ3) is 11.5. The first kappa shape index (κ1) is 32.6. The van der Waals surface area contributed by atoms with Crippen molar-refractivity contribution in [2.75, 3.05) is 45.9 Å². The van der Waals surface area contributed by atoms with Crippen molar-refractivity contribution in [3.8, 4) is 28.4 Å². The van der Waals surface area contributed by atoms with Gasteiger partial charge in [0.1, 0.15) is 30.5 Å². The molecule has 10 nitrogen and oxygen atoms in total. The molecular formula is C31H36O10S. The van der Waals surface area contributed by atoms with Crippen LogP contribution >= 0.6 is 0 Å². The van der Waals surface area contributed by atoms with E-state index in [1.165, 1.54) is 0 Å². The van der Waals surface area contributed by atoms with Crippen LogP contribution in [-0.2, 0) is 29.1 Å². The Hall–Kier alpha value is -3.93. The minimum Gasteiger partial charge on any atom is -0.491 e. The molecule has 1 unspecified atom stereocenters. The van der Waals surface area contributed by atoms with Gasteiger partial charge >= 0.3 is 22.1 Å². The number of rotatable bonds is 17. The van der Waals surface area contributed by atoms with Crippen molar-refractivity contribution in [3.63, 3.8) is 0 Å². The Morgan fingerprint density at radius 2 is 1.19 bits per heavy atom. The van der Waals surface area contributed by atoms with E-state index in [0.717, 1.165) is 23.8 Å². The number of ether oxygens (including phenoxy) is 5. The maximum atomic E-state index is 12.6. The lowest BCUT2D eigenvalue weighted by molar-refractivity contribution is -0.149. The van der Waals surface area contributed by atoms with Crippen LogP contribution in [0.4, 0.5) is 0 Å². The Kier molecular flexibility index (Phi) is 12.8. The molecule has 3 aromatic carbocycles. The van der Waals surface area contributed by atoms with Crippen molar-refractivity contribution in [3.05, 3.63) is 78.4 Å². The van der Waals surface area contributed by atoms with Gasteiger partial charge in [0.25, 0.3) is 0 Å². The van der Waals surface area contributed by atoms with Crippen LogP contribution in [0, 0.1) is 5.92 Å². The van der Waals surface area contributed by atoms with E-state index in [9.17, 15) is 18.0 Å². The molecule has 226 valence electrons. The van der Waals surface area contributed by atoms with Crippen molar-refractivity contribution >= 4 is 22.1 Å². The number of carbonyl (C=O) groups excluding carboxylic acids is 2. The van der Waals surface area contributed by atoms with E-state index in [-0.39, 0.29) is 24.2 Å². The Bertz CT molecular complexity index is 1370. The molecule has 42 heavy (non-hydrogen) atoms. The van der Waals surface area contributed by atoms with Gasteiger partial charge in [-0.25, -0.2) is 4.79 Å². The summed E-state index contributed by atoms with van der Waals surface area (Å²) in [5.74, 6) is 0.384. The highest BCUT2D eigenvalue weighted by molar-refractivity contribution is 7.86. The highest BCUT2D eigenvalue weighted by atomic mass is 32.2. The van der Waals surface area contributed by atoms with Gasteiger partial charge in [-0.15, -0.1) is 0 Å². The zero-order valence-corrected chi connectivity index (χ0v) is 24.8. The summed E-state index contributed by atoms with van der Waals surface area (Å²) >= 11 is 0. The summed E-state index contributed by atoms with van der Waals surface area (Å²) in [6, 6.07) is 20.2. The lowest BCUT2D eigenvalue weighted by Gasteiger charge is -2.10. The predicted octanol–water partition coefficient (Wildman–Crippen LogP) is 4.91. The highest BCUT2D eigenvalue weighted by Crippen LogP contribution is 2.25. The smallest absolute Gasteiger partial charge is 0.343 e. The number of hydrogen-bond donors (Lipinski definition) is 0. The van der Waals surface area contributed by atoms with E-state index < -0.39 is 16.1 Å². The number of esters is 2. The van der Waals surface area contributed by atoms with Gasteiger partial charge in [0, 0.05) is 0 Å². The molecule has 0 aliphatic carbocycles. The number of carbonyl (C=O) groups is 2. The Labute approximate surface area is 246 Å². The molecule has 0 fully saturated rings. The third-order valence-electron chi connectivity index (χ3n) is 5.95. The molecule has 0 radical (unpaired) electrons. The zero-order chi connectivity index (χ0) is 30.4. The molecule has 3 aromatic rings. The minimum atomic E-state index is -3.59. The Balaban J connectivity index is 1.33. The summed E-state index contributed by atoms with van der Waals surface area (Å²) in [6.45, 7) is 5.79. The molecule has 0 aromatic heterocycles. The van der Waals surface area contributed by atoms with Gasteiger partial charge in [-0.3, -0.25) is 4.79 Å². The molecule has 0 saturated heterocycles. The molecule has 11 heteroatoms. The molecule has 0 heterocycles. The van der Waals surface area contributed by atoms with Gasteiger partial charge in [-0.05, 0) is 66.1 Å². The van der Waals surface area contributed by atoms with Crippen molar-refractivity contribution in [1.82, 2.24) is 0 Å². The van der Waals surface area contributed by atoms with Gasteiger partial charge in [0.05, 0.1) is 44.2 Å². The van der Waals surface area contributed by atoms with E-state index >= 15 is 0 Å². The summed E-state index contributed by atoms with van der Waals surface area (Å²) in [4.78, 5) is 24.1. The molecule has 0 bridgehead atoms. The highest BCUT2D eigenvalue weighted by Gasteiger charge is 2.12. The Morgan fingerprint density at radius 3 is 1.74 bits per heavy atom. The maximum Gasteiger partial charge on any atom is 0.343 e. The van der Waals surface area contributed by atoms with Gasteiger partial charge < -0.3 is 27.9 Å². The van der Waals surface area contributed by atoms with E-state index in [0.29, 0.717) is 50.1 Å². The fourth-order valence-corrected chi connectivity index (χ4v) is 3.96. The third-order valence-corrected chi connectivity index (χ3v) is 6.44. The normalized spacial score (nSPS) is 11.9. The van der Waals surface area contributed by atoms with Crippen LogP contribution in [0.5, 0.6) is 17.2 Å². The molecule has 0 N–H and O–H groups in total. The average molecular weight is 601 g/mol. The number of hydrogen-bond acceptors (Lipinski definition) is 10. The van der Waals surface area contributed by atoms with Crippen molar-refractivity contribution in [2.24, 2.45) is 5.92 Å². The summed E-state index contributed by atoms with van der Waals surface area (Å²) in [6.07, 6.45) is 1.73. The van der Waals surface area contributed by atoms with Gasteiger partial charge in [0.2, 0.25) is 0 Å². The molecule has 0 amide bonds. The molecule has 0 aliphatic heterocycles. The molecule has 0 aliphatic rings. The second-order valence-electron chi connectivity index (χ2n) is 9.30. The second-order valence-corrected chi connectivity index (χ2v) is 10.9. The summed E-state index contributed by atoms with van der Waals surface area (Å²) in [5, 5.41) is 0. The van der Waals surface area contributed by atoms with Gasteiger partial charge in [0.15, 0.2) is 0 Å². The zero-order valence-electron chi connectivity index (χ0n) is 23.9. The maximum absolute atomic E-state index is 12.6. The SMILES string of the molecule is CCC(C)C(=O)OCCOCCOCCOc1ccc(C(=O)Oc2ccc(-c3ccc(OS(C)(=O)=O)cc3)cc2)cc1. The largest absolute Gasteiger partial charge is 0.491 e. The van der Waals surface area contributed by atoms with Gasteiger partial charge in [-0.2, -0.15) is 8.42 Å². The lowest BCUT2D eigenvalue weighted by atomic mass is 10.1. The molecule has 0 saturated carbocycles. The van der Waals surface area contributed by atoms with Gasteiger partial charge in [-0.1, -0.05) is 38.1 Å². The lowest BCUT2D eigenvalue weighted by Crippen LogP contribution is -2.18. The monoisotopic (exact) mass is 600 g/mol. The minimum absolute atomic E-state index is 0.102. The standard InChI is InChI=1S/C31H36O10S/c1-4-23(2)30(32)39-22-20-37-18-17-36-19-21-38-27-11-9-26(10-12-27)31(33)40-28-13-5-24(6-14-28)25-7-15-29(16-8-25)41-42(3,34)35/h5-16,23H,4,17-22H2,1-3H3. The first-order valence-corrected chi connectivity index (χ1v) is 15.3. The first-order chi connectivity index (χ1) is 20.1. The Morgan fingerprint density at radius 1 is 0.690 bits per heavy atom. The summed E-state index contributed by atoms with van der Waals surface area (Å²) in [5.41, 5.74) is 2.08. The van der Waals surface area contributed by atoms with Crippen LogP contribution in [0.25, 0.3) is 11.1 Å². The van der Waals surface area contributed by atoms with Crippen molar-refractivity contribution in [2.45, 2.75) is 20.3 Å². The van der Waals surface area contributed by atoms with Crippen molar-refractivity contribution in [1.29, 1.82) is 0 Å². The first-order valence-electron chi connectivity index (χ1n) is 13.5. The molecular weight excluding hydrogens is 564 g/mol. The summed E-state index contributed by atoms with van der Waals surface area (Å²) in [7, 11) is -3.59. The van der Waals surface area contributed by atoms with Crippen LogP contribution in [0.1, 0.15) is 30.6 Å². The van der Waals surface area contributed by atoms with Crippen LogP contribution in [0.2, 0.25) is 0 Å². The fraction of sp³-hybridized carbons (Fsp3) is 0.355. The van der Waals surface area contributed by atoms with Crippen LogP contribution < -0.4 is 13.7 Å². The number of benzene rings is 3. The van der Waals surface area contributed by atoms with E-state index in [1.807, 2.05) is 13.8 Å². The average Bonchev–Trinajstić information content (AvgIpc) is 2.98. The van der Waals surface area contributed by atoms with Crippen LogP contribution in [-0.4, -0.2) is 66.3 Å². The predicted molar refractivity (Wildman–Crippen MR) is 156 cm³/mol. The fourth-order valence-electron chi connectivity index (χ4n) is 3.50. The van der Waals surface area contributed by atoms with Crippen LogP contribution in [0.15, 0.2) is 72.8 Å². The second kappa shape index (κ2) is 16.5. The molecule has 0 spiro atoms.